The number of quaternary nitrogens is 1. The molecule has 144 valence electrons. The normalized spacial score (nSPS) is 26.3. The number of carbonyl (C=O) groups is 1. The first-order valence-corrected chi connectivity index (χ1v) is 10.7. The molecule has 1 spiro atoms. The number of para-hydroxylation sites is 1. The number of ether oxygens (including phenoxy) is 1. The van der Waals surface area contributed by atoms with Gasteiger partial charge in [0.25, 0.3) is 0 Å². The Morgan fingerprint density at radius 1 is 0.893 bits per heavy atom. The molecule has 2 aromatic carbocycles. The molecule has 5 rings (SSSR count). The molecule has 0 N–H and O–H groups in total. The van der Waals surface area contributed by atoms with Gasteiger partial charge in [0.1, 0.15) is 5.69 Å². The fourth-order valence-electron chi connectivity index (χ4n) is 5.42. The number of fused-ring (bicyclic) bond motifs is 6. The summed E-state index contributed by atoms with van der Waals surface area (Å²) in [5.74, 6) is -0.186. The molecule has 0 radical (unpaired) electrons. The van der Waals surface area contributed by atoms with Crippen LogP contribution in [0.2, 0.25) is 0 Å². The highest BCUT2D eigenvalue weighted by molar-refractivity contribution is 6.11. The molecular weight excluding hydrogens is 346 g/mol. The van der Waals surface area contributed by atoms with E-state index >= 15 is 0 Å². The molecule has 0 aromatic heterocycles. The van der Waals surface area contributed by atoms with Gasteiger partial charge in [-0.15, -0.1) is 0 Å². The molecule has 2 aromatic rings. The number of hydrogen-bond donors (Lipinski definition) is 0. The Morgan fingerprint density at radius 2 is 1.57 bits per heavy atom. The number of unbranched alkanes of at least 4 members (excludes halogenated alkanes) is 5. The fraction of sp³-hybridized carbons (Fsp3) is 0.400. The Kier molecular flexibility index (Phi) is 3.99. The molecule has 1 aliphatic carbocycles. The molecule has 0 fully saturated rings. The predicted octanol–water partition coefficient (Wildman–Crippen LogP) is 5.79. The third-order valence-electron chi connectivity index (χ3n) is 6.79. The van der Waals surface area contributed by atoms with Crippen molar-refractivity contribution in [2.45, 2.75) is 51.0 Å². The highest BCUT2D eigenvalue weighted by Crippen LogP contribution is 2.72. The number of rotatable bonds is 7. The van der Waals surface area contributed by atoms with Crippen molar-refractivity contribution in [3.63, 3.8) is 0 Å². The van der Waals surface area contributed by atoms with E-state index in [1.807, 2.05) is 18.2 Å². The van der Waals surface area contributed by atoms with Gasteiger partial charge < -0.3 is 4.74 Å². The summed E-state index contributed by atoms with van der Waals surface area (Å²) < 4.78 is 6.86. The molecule has 0 bridgehead atoms. The third kappa shape index (κ3) is 2.23. The Bertz CT molecular complexity index is 992. The topological polar surface area (TPSA) is 26.3 Å². The van der Waals surface area contributed by atoms with E-state index in [0.717, 1.165) is 22.2 Å². The first-order chi connectivity index (χ1) is 13.6. The van der Waals surface area contributed by atoms with Gasteiger partial charge in [-0.1, -0.05) is 62.9 Å². The van der Waals surface area contributed by atoms with Crippen LogP contribution < -0.4 is 4.48 Å². The maximum atomic E-state index is 12.6. The van der Waals surface area contributed by atoms with E-state index in [4.69, 9.17) is 4.74 Å². The largest absolute Gasteiger partial charge is 0.434 e. The third-order valence-corrected chi connectivity index (χ3v) is 6.79. The van der Waals surface area contributed by atoms with Crippen LogP contribution in [0.4, 0.5) is 5.69 Å². The molecule has 0 saturated heterocycles. The van der Waals surface area contributed by atoms with E-state index in [2.05, 4.69) is 44.3 Å². The molecule has 3 nitrogen and oxygen atoms in total. The van der Waals surface area contributed by atoms with Gasteiger partial charge >= 0.3 is 5.97 Å². The second-order valence-electron chi connectivity index (χ2n) is 8.54. The monoisotopic (exact) mass is 374 g/mol. The molecule has 0 saturated carbocycles. The van der Waals surface area contributed by atoms with E-state index in [0.29, 0.717) is 0 Å². The van der Waals surface area contributed by atoms with Crippen LogP contribution >= 0.6 is 0 Å². The average Bonchev–Trinajstić information content (AvgIpc) is 3.19. The molecule has 3 aliphatic rings. The SMILES string of the molecule is CCCCCCCC[N+]1(C)C2=C(c3ccccc31)C21OC(=O)c2ccccc21. The summed E-state index contributed by atoms with van der Waals surface area (Å²) in [4.78, 5) is 12.6. The highest BCUT2D eigenvalue weighted by Gasteiger charge is 2.76. The van der Waals surface area contributed by atoms with Crippen molar-refractivity contribution in [3.8, 4) is 0 Å². The van der Waals surface area contributed by atoms with Crippen LogP contribution in [-0.2, 0) is 10.3 Å². The Balaban J connectivity index is 1.46. The second-order valence-corrected chi connectivity index (χ2v) is 8.54. The minimum atomic E-state index is -0.612. The number of nitrogens with zero attached hydrogens (tertiary/aromatic N) is 1. The zero-order valence-corrected chi connectivity index (χ0v) is 16.8. The molecule has 3 heteroatoms. The lowest BCUT2D eigenvalue weighted by Gasteiger charge is -2.35. The summed E-state index contributed by atoms with van der Waals surface area (Å²) in [6.07, 6.45) is 7.72. The van der Waals surface area contributed by atoms with Crippen LogP contribution in [0.5, 0.6) is 0 Å². The van der Waals surface area contributed by atoms with Crippen LogP contribution in [0.25, 0.3) is 5.57 Å². The van der Waals surface area contributed by atoms with Crippen molar-refractivity contribution in [2.24, 2.45) is 0 Å². The van der Waals surface area contributed by atoms with E-state index < -0.39 is 5.60 Å². The Labute approximate surface area is 167 Å². The lowest BCUT2D eigenvalue weighted by atomic mass is 9.93. The average molecular weight is 375 g/mol. The van der Waals surface area contributed by atoms with Crippen LogP contribution in [-0.4, -0.2) is 19.6 Å². The summed E-state index contributed by atoms with van der Waals surface area (Å²) >= 11 is 0. The van der Waals surface area contributed by atoms with Gasteiger partial charge in [-0.05, 0) is 25.0 Å². The second kappa shape index (κ2) is 6.31. The predicted molar refractivity (Wildman–Crippen MR) is 113 cm³/mol. The van der Waals surface area contributed by atoms with Gasteiger partial charge in [0.2, 0.25) is 5.60 Å². The summed E-state index contributed by atoms with van der Waals surface area (Å²) in [6.45, 7) is 3.32. The minimum Gasteiger partial charge on any atom is -0.434 e. The van der Waals surface area contributed by atoms with Gasteiger partial charge in [-0.3, -0.25) is 4.48 Å². The van der Waals surface area contributed by atoms with Gasteiger partial charge in [0, 0.05) is 17.2 Å². The van der Waals surface area contributed by atoms with Crippen molar-refractivity contribution in [1.82, 2.24) is 4.48 Å². The van der Waals surface area contributed by atoms with Crippen LogP contribution in [0.1, 0.15) is 66.9 Å². The smallest absolute Gasteiger partial charge is 0.340 e. The quantitative estimate of drug-likeness (QED) is 0.348. The zero-order valence-electron chi connectivity index (χ0n) is 16.8. The van der Waals surface area contributed by atoms with Crippen molar-refractivity contribution in [1.29, 1.82) is 0 Å². The minimum absolute atomic E-state index is 0.186. The standard InChI is InChI=1S/C25H28NO2/c1-3-4-5-6-7-12-17-26(2)21-16-11-9-14-19(21)22-23(26)25(22)20-15-10-8-13-18(20)24(27)28-25/h8-11,13-16H,3-7,12,17H2,1-2H3/q+1. The fourth-order valence-corrected chi connectivity index (χ4v) is 5.42. The van der Waals surface area contributed by atoms with Gasteiger partial charge in [-0.2, -0.15) is 0 Å². The summed E-state index contributed by atoms with van der Waals surface area (Å²) in [5, 5.41) is 0. The number of esters is 1. The molecule has 28 heavy (non-hydrogen) atoms. The molecular formula is C25H28NO2+. The molecule has 2 heterocycles. The van der Waals surface area contributed by atoms with E-state index in [-0.39, 0.29) is 5.97 Å². The summed E-state index contributed by atoms with van der Waals surface area (Å²) in [5.41, 5.74) is 6.27. The first-order valence-electron chi connectivity index (χ1n) is 10.7. The lowest BCUT2D eigenvalue weighted by molar-refractivity contribution is 0.0335. The summed E-state index contributed by atoms with van der Waals surface area (Å²) in [6, 6.07) is 16.6. The summed E-state index contributed by atoms with van der Waals surface area (Å²) in [7, 11) is 2.30. The van der Waals surface area contributed by atoms with E-state index in [9.17, 15) is 4.79 Å². The number of carbonyl (C=O) groups excluding carboxylic acids is 1. The Hall–Kier alpha value is -2.39. The van der Waals surface area contributed by atoms with E-state index in [1.54, 1.807) is 0 Å². The first kappa shape index (κ1) is 17.7. The van der Waals surface area contributed by atoms with Crippen LogP contribution in [0.3, 0.4) is 0 Å². The molecule has 2 unspecified atom stereocenters. The van der Waals surface area contributed by atoms with Gasteiger partial charge in [-0.25, -0.2) is 4.79 Å². The van der Waals surface area contributed by atoms with Crippen LogP contribution in [0.15, 0.2) is 54.2 Å². The lowest BCUT2D eigenvalue weighted by Crippen LogP contribution is -2.46. The van der Waals surface area contributed by atoms with Gasteiger partial charge in [0.15, 0.2) is 5.70 Å². The highest BCUT2D eigenvalue weighted by atomic mass is 16.6. The number of benzene rings is 2. The van der Waals surface area contributed by atoms with Crippen molar-refractivity contribution in [3.05, 3.63) is 70.9 Å². The number of hydrogen-bond acceptors (Lipinski definition) is 2. The van der Waals surface area contributed by atoms with Crippen molar-refractivity contribution >= 4 is 17.2 Å². The maximum absolute atomic E-state index is 12.6. The van der Waals surface area contributed by atoms with Gasteiger partial charge in [0.05, 0.1) is 24.7 Å². The Morgan fingerprint density at radius 3 is 2.39 bits per heavy atom. The molecule has 2 aliphatic heterocycles. The number of likely N-dealkylation sites (N-methyl/N-ethyl adjacent to an activating group) is 1. The maximum Gasteiger partial charge on any atom is 0.340 e. The van der Waals surface area contributed by atoms with E-state index in [1.165, 1.54) is 61.0 Å². The van der Waals surface area contributed by atoms with Crippen molar-refractivity contribution < 1.29 is 9.53 Å². The molecule has 2 atom stereocenters. The molecule has 0 amide bonds. The van der Waals surface area contributed by atoms with Crippen LogP contribution in [0, 0.1) is 0 Å². The van der Waals surface area contributed by atoms with Crippen molar-refractivity contribution in [2.75, 3.05) is 13.6 Å². The zero-order chi connectivity index (χ0) is 19.4.